The Bertz CT molecular complexity index is 231. The zero-order chi connectivity index (χ0) is 5.98. The summed E-state index contributed by atoms with van der Waals surface area (Å²) in [5, 5.41) is 0.505. The Balaban J connectivity index is 3.28. The number of hydrogen-bond donors (Lipinski definition) is 1. The molecule has 0 unspecified atom stereocenters. The lowest BCUT2D eigenvalue weighted by Crippen LogP contribution is -1.98. The molecule has 42 valence electrons. The zero-order valence-corrected chi connectivity index (χ0v) is 4.81. The maximum absolute atomic E-state index is 10.3. The highest BCUT2D eigenvalue weighted by molar-refractivity contribution is 7.12. The standard InChI is InChI=1S/C4H4N2OS/c5-3-1-2-6-4(7)8-3/h1-2H,5H2. The molecule has 0 radical (unpaired) electrons. The Morgan fingerprint density at radius 1 is 1.75 bits per heavy atom. The van der Waals surface area contributed by atoms with E-state index in [-0.39, 0.29) is 4.87 Å². The van der Waals surface area contributed by atoms with Crippen LogP contribution in [0.15, 0.2) is 17.1 Å². The second kappa shape index (κ2) is 1.92. The minimum atomic E-state index is -0.245. The van der Waals surface area contributed by atoms with E-state index in [0.717, 1.165) is 11.3 Å². The molecular weight excluding hydrogens is 124 g/mol. The van der Waals surface area contributed by atoms with Gasteiger partial charge in [-0.2, -0.15) is 0 Å². The van der Waals surface area contributed by atoms with Gasteiger partial charge in [-0.15, -0.1) is 0 Å². The molecule has 0 spiro atoms. The topological polar surface area (TPSA) is 56.0 Å². The van der Waals surface area contributed by atoms with Crippen molar-refractivity contribution in [2.75, 3.05) is 5.73 Å². The van der Waals surface area contributed by atoms with Crippen molar-refractivity contribution < 1.29 is 0 Å². The molecule has 4 heteroatoms. The predicted molar refractivity (Wildman–Crippen MR) is 32.8 cm³/mol. The molecule has 1 rings (SSSR count). The van der Waals surface area contributed by atoms with Crippen LogP contribution in [0.1, 0.15) is 0 Å². The summed E-state index contributed by atoms with van der Waals surface area (Å²) in [6.07, 6.45) is 1.40. The Morgan fingerprint density at radius 3 is 2.88 bits per heavy atom. The van der Waals surface area contributed by atoms with E-state index in [1.54, 1.807) is 6.07 Å². The summed E-state index contributed by atoms with van der Waals surface area (Å²) in [6, 6.07) is 1.59. The van der Waals surface area contributed by atoms with E-state index < -0.39 is 0 Å². The van der Waals surface area contributed by atoms with Crippen LogP contribution >= 0.6 is 11.3 Å². The summed E-state index contributed by atoms with van der Waals surface area (Å²) in [4.78, 5) is 13.5. The Labute approximate surface area is 49.8 Å². The SMILES string of the molecule is Nc1ccnc(=O)s1. The van der Waals surface area contributed by atoms with E-state index in [2.05, 4.69) is 4.98 Å². The van der Waals surface area contributed by atoms with E-state index in [1.165, 1.54) is 6.20 Å². The van der Waals surface area contributed by atoms with Gasteiger partial charge < -0.3 is 5.73 Å². The van der Waals surface area contributed by atoms with E-state index >= 15 is 0 Å². The van der Waals surface area contributed by atoms with Crippen LogP contribution < -0.4 is 10.6 Å². The van der Waals surface area contributed by atoms with Crippen LogP contribution in [-0.4, -0.2) is 4.98 Å². The van der Waals surface area contributed by atoms with Gasteiger partial charge in [0.15, 0.2) is 0 Å². The summed E-state index contributed by atoms with van der Waals surface area (Å²) < 4.78 is 0. The van der Waals surface area contributed by atoms with Gasteiger partial charge in [0.2, 0.25) is 0 Å². The molecule has 8 heavy (non-hydrogen) atoms. The highest BCUT2D eigenvalue weighted by Crippen LogP contribution is 1.98. The lowest BCUT2D eigenvalue weighted by atomic mass is 10.7. The third-order valence-corrected chi connectivity index (χ3v) is 1.28. The summed E-state index contributed by atoms with van der Waals surface area (Å²) in [5.74, 6) is 0. The first-order valence-electron chi connectivity index (χ1n) is 2.00. The summed E-state index contributed by atoms with van der Waals surface area (Å²) in [7, 11) is 0. The quantitative estimate of drug-likeness (QED) is 0.538. The Kier molecular flexibility index (Phi) is 1.26. The number of nitrogens with zero attached hydrogens (tertiary/aromatic N) is 1. The van der Waals surface area contributed by atoms with Gasteiger partial charge in [-0.3, -0.25) is 4.79 Å². The molecule has 0 amide bonds. The lowest BCUT2D eigenvalue weighted by Gasteiger charge is -1.81. The van der Waals surface area contributed by atoms with Crippen LogP contribution in [0.4, 0.5) is 5.00 Å². The molecule has 0 aromatic carbocycles. The van der Waals surface area contributed by atoms with Crippen molar-refractivity contribution in [2.24, 2.45) is 0 Å². The maximum Gasteiger partial charge on any atom is 0.328 e. The van der Waals surface area contributed by atoms with Crippen molar-refractivity contribution in [2.45, 2.75) is 0 Å². The molecule has 1 aromatic rings. The molecule has 0 bridgehead atoms. The molecule has 0 atom stereocenters. The zero-order valence-electron chi connectivity index (χ0n) is 4.00. The maximum atomic E-state index is 10.3. The molecule has 2 N–H and O–H groups in total. The summed E-state index contributed by atoms with van der Waals surface area (Å²) in [5.41, 5.74) is 5.24. The third-order valence-electron chi connectivity index (χ3n) is 0.624. The average Bonchev–Trinajstić information content (AvgIpc) is 1.64. The van der Waals surface area contributed by atoms with E-state index in [1.807, 2.05) is 0 Å². The monoisotopic (exact) mass is 128 g/mol. The molecule has 0 aliphatic rings. The van der Waals surface area contributed by atoms with Gasteiger partial charge in [0.05, 0.1) is 5.00 Å². The van der Waals surface area contributed by atoms with Gasteiger partial charge in [0.1, 0.15) is 0 Å². The fourth-order valence-corrected chi connectivity index (χ4v) is 0.777. The number of hydrogen-bond acceptors (Lipinski definition) is 4. The first-order chi connectivity index (χ1) is 3.79. The number of rotatable bonds is 0. The molecule has 0 saturated heterocycles. The van der Waals surface area contributed by atoms with Crippen molar-refractivity contribution in [3.8, 4) is 0 Å². The van der Waals surface area contributed by atoms with Gasteiger partial charge in [-0.25, -0.2) is 4.98 Å². The van der Waals surface area contributed by atoms with Crippen molar-refractivity contribution in [1.82, 2.24) is 4.98 Å². The highest BCUT2D eigenvalue weighted by atomic mass is 32.1. The first kappa shape index (κ1) is 5.24. The number of aromatic nitrogens is 1. The van der Waals surface area contributed by atoms with Gasteiger partial charge in [-0.05, 0) is 6.07 Å². The molecule has 1 aromatic heterocycles. The number of nitrogens with two attached hydrogens (primary N) is 1. The van der Waals surface area contributed by atoms with Crippen molar-refractivity contribution in [3.05, 3.63) is 21.9 Å². The van der Waals surface area contributed by atoms with Crippen molar-refractivity contribution >= 4 is 16.3 Å². The molecule has 1 heterocycles. The average molecular weight is 128 g/mol. The van der Waals surface area contributed by atoms with E-state index in [0.29, 0.717) is 5.00 Å². The van der Waals surface area contributed by atoms with Crippen LogP contribution in [0.2, 0.25) is 0 Å². The van der Waals surface area contributed by atoms with Crippen LogP contribution in [0, 0.1) is 0 Å². The lowest BCUT2D eigenvalue weighted by molar-refractivity contribution is 1.31. The number of anilines is 1. The van der Waals surface area contributed by atoms with Gasteiger partial charge in [0.25, 0.3) is 0 Å². The minimum absolute atomic E-state index is 0.245. The van der Waals surface area contributed by atoms with E-state index in [9.17, 15) is 4.79 Å². The fraction of sp³-hybridized carbons (Fsp3) is 0. The first-order valence-corrected chi connectivity index (χ1v) is 2.82. The molecule has 0 saturated carbocycles. The molecule has 0 aliphatic carbocycles. The van der Waals surface area contributed by atoms with E-state index in [4.69, 9.17) is 5.73 Å². The molecular formula is C4H4N2OS. The van der Waals surface area contributed by atoms with Crippen LogP contribution in [0.25, 0.3) is 0 Å². The van der Waals surface area contributed by atoms with Crippen molar-refractivity contribution in [3.63, 3.8) is 0 Å². The van der Waals surface area contributed by atoms with Gasteiger partial charge >= 0.3 is 4.87 Å². The van der Waals surface area contributed by atoms with Crippen LogP contribution in [0.5, 0.6) is 0 Å². The predicted octanol–water partition coefficient (Wildman–Crippen LogP) is 0.0855. The summed E-state index contributed by atoms with van der Waals surface area (Å²) >= 11 is 0.943. The molecule has 0 aliphatic heterocycles. The smallest absolute Gasteiger partial charge is 0.328 e. The minimum Gasteiger partial charge on any atom is -0.390 e. The largest absolute Gasteiger partial charge is 0.390 e. The van der Waals surface area contributed by atoms with Gasteiger partial charge in [0, 0.05) is 6.20 Å². The summed E-state index contributed by atoms with van der Waals surface area (Å²) in [6.45, 7) is 0. The van der Waals surface area contributed by atoms with Crippen LogP contribution in [-0.2, 0) is 0 Å². The molecule has 3 nitrogen and oxygen atoms in total. The highest BCUT2D eigenvalue weighted by Gasteiger charge is 1.83. The molecule has 0 fully saturated rings. The van der Waals surface area contributed by atoms with Crippen molar-refractivity contribution in [1.29, 1.82) is 0 Å². The second-order valence-corrected chi connectivity index (χ2v) is 2.24. The number of nitrogen functional groups attached to an aromatic ring is 1. The second-order valence-electron chi connectivity index (χ2n) is 1.22. The Morgan fingerprint density at radius 2 is 2.50 bits per heavy atom. The third kappa shape index (κ3) is 1.04. The normalized spacial score (nSPS) is 9.00. The Hall–Kier alpha value is -0.900. The van der Waals surface area contributed by atoms with Crippen LogP contribution in [0.3, 0.4) is 0 Å². The fourth-order valence-electron chi connectivity index (χ4n) is 0.333. The van der Waals surface area contributed by atoms with Gasteiger partial charge in [-0.1, -0.05) is 11.3 Å².